The van der Waals surface area contributed by atoms with Gasteiger partial charge in [-0.1, -0.05) is 41.9 Å². The number of carbonyl (C=O) groups is 1. The minimum Gasteiger partial charge on any atom is -0.489 e. The van der Waals surface area contributed by atoms with Crippen LogP contribution in [-0.4, -0.2) is 58.4 Å². The summed E-state index contributed by atoms with van der Waals surface area (Å²) in [5.41, 5.74) is 4.37. The Balaban J connectivity index is 1.25. The molecule has 1 amide bonds. The van der Waals surface area contributed by atoms with Gasteiger partial charge in [-0.2, -0.15) is 5.10 Å². The Morgan fingerprint density at radius 2 is 2.06 bits per heavy atom. The molecule has 0 saturated carbocycles. The number of carbonyl (C=O) groups excluding carboxylic acids is 1. The van der Waals surface area contributed by atoms with Gasteiger partial charge in [0.2, 0.25) is 0 Å². The molecule has 2 aromatic carbocycles. The highest BCUT2D eigenvalue weighted by atomic mass is 35.5. The van der Waals surface area contributed by atoms with Crippen LogP contribution in [0.5, 0.6) is 5.75 Å². The fourth-order valence-corrected chi connectivity index (χ4v) is 5.99. The zero-order chi connectivity index (χ0) is 23.4. The molecule has 2 aliphatic heterocycles. The van der Waals surface area contributed by atoms with Crippen molar-refractivity contribution in [1.82, 2.24) is 19.7 Å². The van der Waals surface area contributed by atoms with Crippen molar-refractivity contribution >= 4 is 44.7 Å². The molecule has 0 unspecified atom stereocenters. The van der Waals surface area contributed by atoms with Gasteiger partial charge >= 0.3 is 0 Å². The van der Waals surface area contributed by atoms with Crippen molar-refractivity contribution in [3.63, 3.8) is 0 Å². The van der Waals surface area contributed by atoms with Gasteiger partial charge in [0.25, 0.3) is 5.91 Å². The Morgan fingerprint density at radius 3 is 2.88 bits per heavy atom. The summed E-state index contributed by atoms with van der Waals surface area (Å²) >= 11 is 8.31. The van der Waals surface area contributed by atoms with Gasteiger partial charge in [0.15, 0.2) is 5.69 Å². The number of benzene rings is 2. The van der Waals surface area contributed by atoms with E-state index in [1.54, 1.807) is 16.0 Å². The predicted molar refractivity (Wildman–Crippen MR) is 134 cm³/mol. The van der Waals surface area contributed by atoms with Crippen LogP contribution < -0.4 is 9.64 Å². The lowest BCUT2D eigenvalue weighted by atomic mass is 10.0. The first kappa shape index (κ1) is 21.4. The van der Waals surface area contributed by atoms with E-state index in [1.807, 2.05) is 49.2 Å². The van der Waals surface area contributed by atoms with E-state index in [-0.39, 0.29) is 11.9 Å². The third-order valence-electron chi connectivity index (χ3n) is 6.57. The van der Waals surface area contributed by atoms with Gasteiger partial charge in [0.05, 0.1) is 33.5 Å². The number of rotatable bonds is 3. The molecule has 0 spiro atoms. The molecule has 0 saturated heterocycles. The van der Waals surface area contributed by atoms with Gasteiger partial charge in [-0.25, -0.2) is 9.67 Å². The number of aromatic nitrogens is 3. The minimum absolute atomic E-state index is 0.0822. The summed E-state index contributed by atoms with van der Waals surface area (Å²) in [5, 5.41) is 6.21. The molecule has 0 fully saturated rings. The van der Waals surface area contributed by atoms with Gasteiger partial charge < -0.3 is 14.5 Å². The smallest absolute Gasteiger partial charge is 0.275 e. The van der Waals surface area contributed by atoms with Gasteiger partial charge in [0, 0.05) is 31.8 Å². The van der Waals surface area contributed by atoms with E-state index in [1.165, 1.54) is 0 Å². The lowest BCUT2D eigenvalue weighted by Gasteiger charge is -2.34. The van der Waals surface area contributed by atoms with Crippen molar-refractivity contribution in [3.05, 3.63) is 69.4 Å². The molecule has 6 rings (SSSR count). The Kier molecular flexibility index (Phi) is 5.22. The molecule has 0 radical (unpaired) electrons. The van der Waals surface area contributed by atoms with Crippen LogP contribution >= 0.6 is 22.9 Å². The van der Waals surface area contributed by atoms with E-state index in [2.05, 4.69) is 27.1 Å². The van der Waals surface area contributed by atoms with E-state index in [4.69, 9.17) is 16.3 Å². The number of nitrogens with zero attached hydrogens (tertiary/aromatic N) is 5. The molecule has 4 heterocycles. The molecule has 0 bridgehead atoms. The highest BCUT2D eigenvalue weighted by molar-refractivity contribution is 7.18. The molecular formula is C25H24ClN5O2S. The number of ether oxygens (including phenoxy) is 1. The summed E-state index contributed by atoms with van der Waals surface area (Å²) in [6.45, 7) is 4.24. The van der Waals surface area contributed by atoms with Crippen LogP contribution in [0.15, 0.2) is 42.5 Å². The molecule has 34 heavy (non-hydrogen) atoms. The van der Waals surface area contributed by atoms with Crippen LogP contribution in [0.2, 0.25) is 5.15 Å². The third-order valence-corrected chi connectivity index (χ3v) is 7.92. The highest BCUT2D eigenvalue weighted by Crippen LogP contribution is 2.37. The average Bonchev–Trinajstić information content (AvgIpc) is 3.30. The third kappa shape index (κ3) is 3.61. The number of aryl methyl sites for hydroxylation is 1. The van der Waals surface area contributed by atoms with Crippen LogP contribution in [0, 0.1) is 6.92 Å². The maximum Gasteiger partial charge on any atom is 0.275 e. The first-order chi connectivity index (χ1) is 16.5. The number of fused-ring (bicyclic) bond motifs is 3. The number of halogens is 1. The van der Waals surface area contributed by atoms with Gasteiger partial charge in [-0.15, -0.1) is 11.3 Å². The number of hydrogen-bond donors (Lipinski definition) is 0. The number of amides is 1. The lowest BCUT2D eigenvalue weighted by Crippen LogP contribution is -2.51. The zero-order valence-corrected chi connectivity index (χ0v) is 20.6. The Morgan fingerprint density at radius 1 is 1.24 bits per heavy atom. The fraction of sp³-hybridized carbons (Fsp3) is 0.320. The van der Waals surface area contributed by atoms with Crippen molar-refractivity contribution in [2.24, 2.45) is 0 Å². The first-order valence-electron chi connectivity index (χ1n) is 11.3. The quantitative estimate of drug-likeness (QED) is 0.423. The average molecular weight is 494 g/mol. The molecule has 1 atom stereocenters. The standard InChI is InChI=1S/C25H24ClN5O2S/c1-15-27-19-10-20-21(11-22(19)34-15)33-14-17(13-29(20)2)30-9-8-18-23(25(30)32)28-31(24(18)26)12-16-6-4-3-5-7-16/h3-7,10-11,17H,8-9,12-14H2,1-2H3/t17-/m0/s1. The Labute approximate surface area is 206 Å². The Hall–Kier alpha value is -3.10. The van der Waals surface area contributed by atoms with Gasteiger partial charge in [-0.3, -0.25) is 4.79 Å². The predicted octanol–water partition coefficient (Wildman–Crippen LogP) is 4.40. The fourth-order valence-electron chi connectivity index (χ4n) is 4.87. The Bertz CT molecular complexity index is 1400. The number of likely N-dealkylation sites (N-methyl/N-ethyl adjacent to an activating group) is 1. The van der Waals surface area contributed by atoms with E-state index in [9.17, 15) is 4.79 Å². The molecule has 0 N–H and O–H groups in total. The summed E-state index contributed by atoms with van der Waals surface area (Å²) in [4.78, 5) is 22.2. The number of hydrogen-bond acceptors (Lipinski definition) is 6. The molecule has 7 nitrogen and oxygen atoms in total. The van der Waals surface area contributed by atoms with Crippen LogP contribution in [0.25, 0.3) is 10.2 Å². The van der Waals surface area contributed by atoms with Crippen LogP contribution in [0.1, 0.15) is 26.6 Å². The van der Waals surface area contributed by atoms with E-state index >= 15 is 0 Å². The molecule has 174 valence electrons. The zero-order valence-electron chi connectivity index (χ0n) is 19.0. The molecule has 2 aliphatic rings. The van der Waals surface area contributed by atoms with Crippen molar-refractivity contribution < 1.29 is 9.53 Å². The second-order valence-corrected chi connectivity index (χ2v) is 10.5. The van der Waals surface area contributed by atoms with E-state index in [0.717, 1.165) is 37.8 Å². The normalized spacial score (nSPS) is 18.0. The highest BCUT2D eigenvalue weighted by Gasteiger charge is 2.36. The van der Waals surface area contributed by atoms with E-state index < -0.39 is 0 Å². The molecule has 9 heteroatoms. The summed E-state index contributed by atoms with van der Waals surface area (Å²) in [6.07, 6.45) is 0.681. The molecular weight excluding hydrogens is 470 g/mol. The first-order valence-corrected chi connectivity index (χ1v) is 12.5. The summed E-state index contributed by atoms with van der Waals surface area (Å²) in [7, 11) is 2.04. The van der Waals surface area contributed by atoms with Crippen LogP contribution in [0.3, 0.4) is 0 Å². The van der Waals surface area contributed by atoms with Crippen molar-refractivity contribution in [1.29, 1.82) is 0 Å². The maximum atomic E-state index is 13.5. The van der Waals surface area contributed by atoms with Crippen molar-refractivity contribution in [3.8, 4) is 5.75 Å². The maximum absolute atomic E-state index is 13.5. The molecule has 2 aromatic heterocycles. The van der Waals surface area contributed by atoms with Gasteiger partial charge in [-0.05, 0) is 25.0 Å². The second kappa shape index (κ2) is 8.29. The number of thiazole rings is 1. The van der Waals surface area contributed by atoms with E-state index in [0.29, 0.717) is 43.5 Å². The number of anilines is 1. The lowest BCUT2D eigenvalue weighted by molar-refractivity contribution is 0.0604. The largest absolute Gasteiger partial charge is 0.489 e. The molecule has 4 aromatic rings. The monoisotopic (exact) mass is 493 g/mol. The molecule has 0 aliphatic carbocycles. The summed E-state index contributed by atoms with van der Waals surface area (Å²) in [5.74, 6) is 0.752. The SMILES string of the molecule is Cc1nc2cc3c(cc2s1)OC[C@@H](N1CCc2c(nn(Cc4ccccc4)c2Cl)C1=O)CN3C. The van der Waals surface area contributed by atoms with Gasteiger partial charge in [0.1, 0.15) is 17.5 Å². The van der Waals surface area contributed by atoms with Crippen LogP contribution in [-0.2, 0) is 13.0 Å². The van der Waals surface area contributed by atoms with Crippen molar-refractivity contribution in [2.45, 2.75) is 25.9 Å². The van der Waals surface area contributed by atoms with Crippen molar-refractivity contribution in [2.75, 3.05) is 31.6 Å². The topological polar surface area (TPSA) is 63.5 Å². The summed E-state index contributed by atoms with van der Waals surface area (Å²) < 4.78 is 9.08. The van der Waals surface area contributed by atoms with Crippen LogP contribution in [0.4, 0.5) is 5.69 Å². The minimum atomic E-state index is -0.0937. The summed E-state index contributed by atoms with van der Waals surface area (Å²) in [6, 6.07) is 14.1. The second-order valence-electron chi connectivity index (χ2n) is 8.88.